The Hall–Kier alpha value is -2.46. The molecule has 31 heavy (non-hydrogen) atoms. The molecule has 1 amide bonds. The van der Waals surface area contributed by atoms with Gasteiger partial charge in [0.15, 0.2) is 0 Å². The molecule has 2 aliphatic carbocycles. The van der Waals surface area contributed by atoms with Crippen LogP contribution >= 0.6 is 11.6 Å². The third kappa shape index (κ3) is 4.06. The van der Waals surface area contributed by atoms with Gasteiger partial charge in [-0.05, 0) is 97.4 Å². The number of carbonyl (C=O) groups excluding carboxylic acids is 1. The van der Waals surface area contributed by atoms with Crippen molar-refractivity contribution in [3.8, 4) is 0 Å². The van der Waals surface area contributed by atoms with E-state index in [2.05, 4.69) is 16.4 Å². The summed E-state index contributed by atoms with van der Waals surface area (Å²) in [5, 5.41) is 4.58. The first-order valence-corrected chi connectivity index (χ1v) is 11.5. The Morgan fingerprint density at radius 3 is 2.61 bits per heavy atom. The van der Waals surface area contributed by atoms with Crippen molar-refractivity contribution < 1.29 is 9.18 Å². The van der Waals surface area contributed by atoms with Gasteiger partial charge in [0.2, 0.25) is 5.91 Å². The molecule has 0 spiro atoms. The number of nitrogens with zero attached hydrogens (tertiary/aromatic N) is 1. The molecular weight excluding hydrogens is 411 g/mol. The zero-order valence-electron chi connectivity index (χ0n) is 17.5. The van der Waals surface area contributed by atoms with Crippen molar-refractivity contribution in [2.24, 2.45) is 23.7 Å². The second kappa shape index (κ2) is 8.23. The minimum absolute atomic E-state index is 0.0288. The lowest BCUT2D eigenvalue weighted by atomic mass is 9.86. The highest BCUT2D eigenvalue weighted by molar-refractivity contribution is 6.30. The molecule has 0 radical (unpaired) electrons. The first-order valence-electron chi connectivity index (χ1n) is 11.1. The smallest absolute Gasteiger partial charge is 0.227 e. The zero-order chi connectivity index (χ0) is 21.5. The van der Waals surface area contributed by atoms with Crippen LogP contribution in [-0.4, -0.2) is 10.9 Å². The van der Waals surface area contributed by atoms with E-state index in [1.165, 1.54) is 11.6 Å². The van der Waals surface area contributed by atoms with Crippen LogP contribution in [0.5, 0.6) is 0 Å². The third-order valence-electron chi connectivity index (χ3n) is 7.44. The maximum atomic E-state index is 13.9. The average Bonchev–Trinajstić information content (AvgIpc) is 3.32. The van der Waals surface area contributed by atoms with Crippen molar-refractivity contribution in [2.75, 3.05) is 5.32 Å². The van der Waals surface area contributed by atoms with Crippen molar-refractivity contribution in [3.05, 3.63) is 71.1 Å². The first-order chi connectivity index (χ1) is 15.0. The zero-order valence-corrected chi connectivity index (χ0v) is 18.3. The molecule has 5 rings (SSSR count). The fraction of sp³-hybridized carbons (Fsp3) is 0.385. The number of hydrogen-bond donors (Lipinski definition) is 1. The molecule has 1 aromatic heterocycles. The number of nitrogens with one attached hydrogen (secondary N) is 1. The highest BCUT2D eigenvalue weighted by Crippen LogP contribution is 2.54. The molecule has 2 saturated carbocycles. The number of amides is 1. The second-order valence-electron chi connectivity index (χ2n) is 9.27. The monoisotopic (exact) mass is 436 g/mol. The van der Waals surface area contributed by atoms with Gasteiger partial charge in [-0.3, -0.25) is 9.78 Å². The lowest BCUT2D eigenvalue weighted by Crippen LogP contribution is -2.26. The number of aromatic nitrogens is 1. The van der Waals surface area contributed by atoms with Gasteiger partial charge in [-0.25, -0.2) is 4.39 Å². The molecule has 160 valence electrons. The number of pyridine rings is 1. The highest BCUT2D eigenvalue weighted by atomic mass is 35.5. The predicted octanol–water partition coefficient (Wildman–Crippen LogP) is 6.82. The number of anilines is 1. The number of halogens is 2. The van der Waals surface area contributed by atoms with Crippen LogP contribution in [0.25, 0.3) is 10.9 Å². The number of fused-ring (bicyclic) bond motifs is 2. The summed E-state index contributed by atoms with van der Waals surface area (Å²) in [5.41, 5.74) is 2.83. The van der Waals surface area contributed by atoms with Crippen LogP contribution in [-0.2, 0) is 4.79 Å². The van der Waals surface area contributed by atoms with E-state index < -0.39 is 0 Å². The summed E-state index contributed by atoms with van der Waals surface area (Å²) in [4.78, 5) is 17.2. The predicted molar refractivity (Wildman–Crippen MR) is 123 cm³/mol. The van der Waals surface area contributed by atoms with E-state index >= 15 is 0 Å². The molecule has 3 nitrogen and oxygen atoms in total. The summed E-state index contributed by atoms with van der Waals surface area (Å²) in [6.07, 6.45) is 6.24. The van der Waals surface area contributed by atoms with Gasteiger partial charge in [0.1, 0.15) is 5.82 Å². The van der Waals surface area contributed by atoms with Gasteiger partial charge in [-0.15, -0.1) is 0 Å². The number of carbonyl (C=O) groups is 1. The quantitative estimate of drug-likeness (QED) is 0.487. The van der Waals surface area contributed by atoms with Crippen molar-refractivity contribution in [3.63, 3.8) is 0 Å². The van der Waals surface area contributed by atoms with E-state index in [4.69, 9.17) is 11.6 Å². The van der Waals surface area contributed by atoms with Gasteiger partial charge >= 0.3 is 0 Å². The van der Waals surface area contributed by atoms with Crippen LogP contribution < -0.4 is 5.32 Å². The molecule has 0 saturated heterocycles. The standard InChI is InChI=1S/C26H26ClFN2O/c1-15(26(31)30-22-4-2-3-20(27)13-22)16-9-17-11-19(12-18(17)10-16)23-7-8-29-25-6-5-21(28)14-24(23)25/h2-8,13-19H,9-12H2,1H3,(H,30,31)/t15?,16?,17-,18?,19?/m1/s1. The molecule has 5 heteroatoms. The fourth-order valence-corrected chi connectivity index (χ4v) is 6.05. The van der Waals surface area contributed by atoms with Gasteiger partial charge in [0, 0.05) is 28.2 Å². The molecule has 0 bridgehead atoms. The SMILES string of the molecule is CC(C(=O)Nc1cccc(Cl)c1)C1CC2CC(c3ccnc4ccc(F)cc34)C[C@H]2C1. The molecule has 4 unspecified atom stereocenters. The van der Waals surface area contributed by atoms with Crippen LogP contribution in [0.2, 0.25) is 5.02 Å². The lowest BCUT2D eigenvalue weighted by molar-refractivity contribution is -0.120. The number of rotatable bonds is 4. The largest absolute Gasteiger partial charge is 0.326 e. The molecule has 5 atom stereocenters. The Kier molecular flexibility index (Phi) is 5.43. The van der Waals surface area contributed by atoms with Crippen LogP contribution in [0.4, 0.5) is 10.1 Å². The van der Waals surface area contributed by atoms with Gasteiger partial charge in [-0.2, -0.15) is 0 Å². The average molecular weight is 437 g/mol. The molecular formula is C26H26ClFN2O. The van der Waals surface area contributed by atoms with Gasteiger partial charge < -0.3 is 5.32 Å². The Labute approximate surface area is 187 Å². The Balaban J connectivity index is 1.25. The molecule has 3 aromatic rings. The normalized spacial score (nSPS) is 26.0. The maximum Gasteiger partial charge on any atom is 0.227 e. The van der Waals surface area contributed by atoms with Crippen molar-refractivity contribution >= 4 is 34.1 Å². The summed E-state index contributed by atoms with van der Waals surface area (Å²) in [7, 11) is 0. The summed E-state index contributed by atoms with van der Waals surface area (Å²) in [5.74, 6) is 1.94. The first kappa shape index (κ1) is 20.4. The maximum absolute atomic E-state index is 13.9. The van der Waals surface area contributed by atoms with Crippen LogP contribution in [0.3, 0.4) is 0 Å². The van der Waals surface area contributed by atoms with E-state index in [0.29, 0.717) is 28.7 Å². The molecule has 2 aliphatic rings. The van der Waals surface area contributed by atoms with Gasteiger partial charge in [0.05, 0.1) is 5.52 Å². The molecule has 1 N–H and O–H groups in total. The van der Waals surface area contributed by atoms with Crippen LogP contribution in [0.1, 0.15) is 44.1 Å². The van der Waals surface area contributed by atoms with Crippen molar-refractivity contribution in [2.45, 2.75) is 38.5 Å². The summed E-state index contributed by atoms with van der Waals surface area (Å²) in [6, 6.07) is 14.2. The molecule has 2 aromatic carbocycles. The van der Waals surface area contributed by atoms with Crippen molar-refractivity contribution in [1.82, 2.24) is 4.98 Å². The Morgan fingerprint density at radius 1 is 1.10 bits per heavy atom. The third-order valence-corrected chi connectivity index (χ3v) is 7.68. The highest BCUT2D eigenvalue weighted by Gasteiger charge is 2.44. The number of benzene rings is 2. The Bertz CT molecular complexity index is 1120. The number of hydrogen-bond acceptors (Lipinski definition) is 2. The summed E-state index contributed by atoms with van der Waals surface area (Å²) < 4.78 is 13.9. The molecule has 2 fully saturated rings. The topological polar surface area (TPSA) is 42.0 Å². The van der Waals surface area contributed by atoms with Crippen LogP contribution in [0, 0.1) is 29.5 Å². The summed E-state index contributed by atoms with van der Waals surface area (Å²) >= 11 is 6.03. The summed E-state index contributed by atoms with van der Waals surface area (Å²) in [6.45, 7) is 2.04. The van der Waals surface area contributed by atoms with Crippen LogP contribution in [0.15, 0.2) is 54.7 Å². The van der Waals surface area contributed by atoms with E-state index in [0.717, 1.165) is 42.3 Å². The van der Waals surface area contributed by atoms with E-state index in [1.807, 2.05) is 25.3 Å². The molecule has 1 heterocycles. The van der Waals surface area contributed by atoms with Gasteiger partial charge in [-0.1, -0.05) is 24.6 Å². The minimum atomic E-state index is -0.209. The minimum Gasteiger partial charge on any atom is -0.326 e. The van der Waals surface area contributed by atoms with E-state index in [9.17, 15) is 9.18 Å². The molecule has 0 aliphatic heterocycles. The lowest BCUT2D eigenvalue weighted by Gasteiger charge is -2.21. The fourth-order valence-electron chi connectivity index (χ4n) is 5.86. The Morgan fingerprint density at radius 2 is 1.87 bits per heavy atom. The van der Waals surface area contributed by atoms with Crippen molar-refractivity contribution in [1.29, 1.82) is 0 Å². The van der Waals surface area contributed by atoms with E-state index in [-0.39, 0.29) is 17.6 Å². The second-order valence-corrected chi connectivity index (χ2v) is 9.71. The van der Waals surface area contributed by atoms with E-state index in [1.54, 1.807) is 24.3 Å². The van der Waals surface area contributed by atoms with Gasteiger partial charge in [0.25, 0.3) is 0 Å².